The summed E-state index contributed by atoms with van der Waals surface area (Å²) in [6.07, 6.45) is 2.95. The zero-order valence-corrected chi connectivity index (χ0v) is 16.5. The molecule has 2 aromatic heterocycles. The highest BCUT2D eigenvalue weighted by atomic mass is 35.5. The molecule has 144 valence electrons. The minimum absolute atomic E-state index is 0.687. The molecule has 3 N–H and O–H groups in total. The first-order valence-electron chi connectivity index (χ1n) is 9.38. The molecule has 0 saturated carbocycles. The van der Waals surface area contributed by atoms with Crippen LogP contribution in [0.4, 0.5) is 5.69 Å². The topological polar surface area (TPSA) is 62.0 Å². The van der Waals surface area contributed by atoms with E-state index in [2.05, 4.69) is 21.7 Å². The Morgan fingerprint density at radius 2 is 1.96 bits per heavy atom. The second-order valence-corrected chi connectivity index (χ2v) is 7.12. The van der Waals surface area contributed by atoms with Crippen LogP contribution in [-0.4, -0.2) is 30.2 Å². The van der Waals surface area contributed by atoms with Gasteiger partial charge in [0.2, 0.25) is 0 Å². The molecule has 6 heteroatoms. The van der Waals surface area contributed by atoms with E-state index in [-0.39, 0.29) is 0 Å². The molecular weight excluding hydrogens is 372 g/mol. The van der Waals surface area contributed by atoms with Crippen LogP contribution in [0.2, 0.25) is 5.02 Å². The van der Waals surface area contributed by atoms with E-state index in [0.29, 0.717) is 5.02 Å². The molecule has 0 saturated heterocycles. The fourth-order valence-electron chi connectivity index (χ4n) is 3.34. The summed E-state index contributed by atoms with van der Waals surface area (Å²) < 4.78 is 5.41. The number of halogens is 1. The van der Waals surface area contributed by atoms with Crippen LogP contribution in [0.15, 0.2) is 54.7 Å². The molecule has 0 unspecified atom stereocenters. The number of methoxy groups -OCH3 is 1. The van der Waals surface area contributed by atoms with E-state index in [0.717, 1.165) is 59.3 Å². The van der Waals surface area contributed by atoms with Crippen LogP contribution in [0.3, 0.4) is 0 Å². The first-order valence-corrected chi connectivity index (χ1v) is 9.76. The number of hydrogen-bond acceptors (Lipinski definition) is 4. The first kappa shape index (κ1) is 18.6. The molecule has 0 fully saturated rings. The van der Waals surface area contributed by atoms with Crippen LogP contribution in [0.25, 0.3) is 21.8 Å². The summed E-state index contributed by atoms with van der Waals surface area (Å²) in [5.41, 5.74) is 4.07. The van der Waals surface area contributed by atoms with Crippen molar-refractivity contribution in [3.05, 3.63) is 65.4 Å². The van der Waals surface area contributed by atoms with E-state index in [1.807, 2.05) is 48.7 Å². The van der Waals surface area contributed by atoms with E-state index in [1.165, 1.54) is 5.69 Å². The minimum Gasteiger partial charge on any atom is -0.497 e. The third-order valence-corrected chi connectivity index (χ3v) is 4.99. The number of aromatic amines is 1. The highest BCUT2D eigenvalue weighted by molar-refractivity contribution is 6.31. The van der Waals surface area contributed by atoms with Gasteiger partial charge in [-0.15, -0.1) is 0 Å². The van der Waals surface area contributed by atoms with Crippen LogP contribution >= 0.6 is 11.6 Å². The molecule has 4 rings (SSSR count). The van der Waals surface area contributed by atoms with Crippen molar-refractivity contribution >= 4 is 39.1 Å². The number of ether oxygens (including phenoxy) is 1. The second-order valence-electron chi connectivity index (χ2n) is 6.68. The summed E-state index contributed by atoms with van der Waals surface area (Å²) in [6.45, 7) is 2.64. The Bertz CT molecular complexity index is 1080. The molecule has 0 aliphatic heterocycles. The zero-order valence-electron chi connectivity index (χ0n) is 15.8. The van der Waals surface area contributed by atoms with Crippen molar-refractivity contribution < 1.29 is 4.74 Å². The molecule has 0 bridgehead atoms. The molecular formula is C22H23ClN4O. The fraction of sp³-hybridized carbons (Fsp3) is 0.227. The summed E-state index contributed by atoms with van der Waals surface area (Å²) in [7, 11) is 1.68. The number of hydrogen-bond donors (Lipinski definition) is 3. The molecule has 0 atom stereocenters. The molecule has 0 aliphatic carbocycles. The average molecular weight is 395 g/mol. The highest BCUT2D eigenvalue weighted by Crippen LogP contribution is 2.34. The predicted molar refractivity (Wildman–Crippen MR) is 116 cm³/mol. The minimum atomic E-state index is 0.687. The highest BCUT2D eigenvalue weighted by Gasteiger charge is 2.10. The van der Waals surface area contributed by atoms with Gasteiger partial charge in [-0.25, -0.2) is 4.98 Å². The van der Waals surface area contributed by atoms with Gasteiger partial charge in [-0.3, -0.25) is 0 Å². The predicted octanol–water partition coefficient (Wildman–Crippen LogP) is 4.97. The summed E-state index contributed by atoms with van der Waals surface area (Å²) in [5.74, 6) is 0.818. The van der Waals surface area contributed by atoms with Crippen molar-refractivity contribution in [1.29, 1.82) is 0 Å². The van der Waals surface area contributed by atoms with Gasteiger partial charge in [-0.1, -0.05) is 11.6 Å². The Labute approximate surface area is 169 Å². The van der Waals surface area contributed by atoms with Crippen molar-refractivity contribution in [2.24, 2.45) is 0 Å². The molecule has 0 radical (unpaired) electrons. The van der Waals surface area contributed by atoms with Crippen molar-refractivity contribution in [2.75, 3.05) is 25.5 Å². The molecule has 2 aromatic carbocycles. The van der Waals surface area contributed by atoms with Gasteiger partial charge in [-0.2, -0.15) is 0 Å². The van der Waals surface area contributed by atoms with Crippen molar-refractivity contribution in [3.63, 3.8) is 0 Å². The van der Waals surface area contributed by atoms with E-state index in [4.69, 9.17) is 21.3 Å². The van der Waals surface area contributed by atoms with Gasteiger partial charge in [0.1, 0.15) is 5.75 Å². The molecule has 0 spiro atoms. The number of aromatic nitrogens is 2. The number of H-pyrrole nitrogens is 1. The molecule has 0 amide bonds. The van der Waals surface area contributed by atoms with Gasteiger partial charge in [0, 0.05) is 40.8 Å². The summed E-state index contributed by atoms with van der Waals surface area (Å²) in [5, 5.41) is 9.86. The normalized spacial score (nSPS) is 11.2. The second kappa shape index (κ2) is 8.50. The first-order chi connectivity index (χ1) is 13.7. The number of fused-ring (bicyclic) bond motifs is 2. The molecule has 5 nitrogen and oxygen atoms in total. The smallest absolute Gasteiger partial charge is 0.119 e. The van der Waals surface area contributed by atoms with Crippen LogP contribution in [0.1, 0.15) is 12.1 Å². The van der Waals surface area contributed by atoms with E-state index in [1.54, 1.807) is 7.11 Å². The van der Waals surface area contributed by atoms with E-state index < -0.39 is 0 Å². The Morgan fingerprint density at radius 3 is 2.79 bits per heavy atom. The average Bonchev–Trinajstić information content (AvgIpc) is 3.22. The fourth-order valence-corrected chi connectivity index (χ4v) is 3.51. The third-order valence-electron chi connectivity index (χ3n) is 4.75. The third kappa shape index (κ3) is 4.06. The maximum atomic E-state index is 6.18. The van der Waals surface area contributed by atoms with Gasteiger partial charge >= 0.3 is 0 Å². The van der Waals surface area contributed by atoms with Crippen LogP contribution in [-0.2, 0) is 6.54 Å². The standard InChI is InChI=1S/C22H23ClN4O/c1-28-17-6-8-20-19(13-17)22(18-7-5-15(23)12-21(18)27-20)26-11-3-9-24-14-16-4-2-10-25-16/h2,4-8,10,12-13,24-25H,3,9,11,14H2,1H3,(H,26,27). The van der Waals surface area contributed by atoms with Crippen molar-refractivity contribution in [1.82, 2.24) is 15.3 Å². The molecule has 4 aromatic rings. The van der Waals surface area contributed by atoms with Crippen molar-refractivity contribution in [2.45, 2.75) is 13.0 Å². The lowest BCUT2D eigenvalue weighted by molar-refractivity contribution is 0.415. The van der Waals surface area contributed by atoms with Crippen molar-refractivity contribution in [3.8, 4) is 5.75 Å². The van der Waals surface area contributed by atoms with E-state index >= 15 is 0 Å². The lowest BCUT2D eigenvalue weighted by Gasteiger charge is -2.14. The van der Waals surface area contributed by atoms with Gasteiger partial charge in [0.05, 0.1) is 23.8 Å². The van der Waals surface area contributed by atoms with Gasteiger partial charge in [0.15, 0.2) is 0 Å². The maximum Gasteiger partial charge on any atom is 0.119 e. The monoisotopic (exact) mass is 394 g/mol. The number of anilines is 1. The van der Waals surface area contributed by atoms with Crippen LogP contribution < -0.4 is 15.4 Å². The van der Waals surface area contributed by atoms with Crippen LogP contribution in [0.5, 0.6) is 5.75 Å². The lowest BCUT2D eigenvalue weighted by atomic mass is 10.1. The number of nitrogens with one attached hydrogen (secondary N) is 3. The van der Waals surface area contributed by atoms with Gasteiger partial charge < -0.3 is 20.4 Å². The zero-order chi connectivity index (χ0) is 19.3. The molecule has 28 heavy (non-hydrogen) atoms. The van der Waals surface area contributed by atoms with Gasteiger partial charge in [0.25, 0.3) is 0 Å². The maximum absolute atomic E-state index is 6.18. The van der Waals surface area contributed by atoms with Crippen LogP contribution in [0, 0.1) is 0 Å². The SMILES string of the molecule is COc1ccc2nc3cc(Cl)ccc3c(NCCCNCc3ccc[nH]3)c2c1. The lowest BCUT2D eigenvalue weighted by Crippen LogP contribution is -2.18. The Kier molecular flexibility index (Phi) is 5.65. The van der Waals surface area contributed by atoms with E-state index in [9.17, 15) is 0 Å². The Hall–Kier alpha value is -2.76. The number of benzene rings is 2. The largest absolute Gasteiger partial charge is 0.497 e. The molecule has 2 heterocycles. The number of nitrogens with zero attached hydrogens (tertiary/aromatic N) is 1. The van der Waals surface area contributed by atoms with Gasteiger partial charge in [-0.05, 0) is 61.5 Å². The Morgan fingerprint density at radius 1 is 1.04 bits per heavy atom. The number of rotatable bonds is 8. The molecule has 0 aliphatic rings. The summed E-state index contributed by atoms with van der Waals surface area (Å²) >= 11 is 6.18. The number of pyridine rings is 1. The Balaban J connectivity index is 1.52. The summed E-state index contributed by atoms with van der Waals surface area (Å²) in [6, 6.07) is 15.9. The summed E-state index contributed by atoms with van der Waals surface area (Å²) in [4.78, 5) is 7.97. The quantitative estimate of drug-likeness (QED) is 0.291.